The van der Waals surface area contributed by atoms with Crippen molar-refractivity contribution in [2.45, 2.75) is 13.0 Å². The van der Waals surface area contributed by atoms with E-state index in [9.17, 15) is 4.79 Å². The molecule has 0 fully saturated rings. The van der Waals surface area contributed by atoms with Crippen LogP contribution in [0.2, 0.25) is 0 Å². The van der Waals surface area contributed by atoms with Gasteiger partial charge in [0.25, 0.3) is 0 Å². The van der Waals surface area contributed by atoms with Gasteiger partial charge in [0, 0.05) is 0 Å². The lowest BCUT2D eigenvalue weighted by Crippen LogP contribution is -2.20. The van der Waals surface area contributed by atoms with Crippen molar-refractivity contribution in [2.75, 3.05) is 6.61 Å². The van der Waals surface area contributed by atoms with Crippen molar-refractivity contribution in [2.24, 2.45) is 5.92 Å². The Hall–Kier alpha value is -1.77. The van der Waals surface area contributed by atoms with Crippen LogP contribution in [0.25, 0.3) is 0 Å². The van der Waals surface area contributed by atoms with E-state index in [1.807, 2.05) is 30.3 Å². The highest BCUT2D eigenvalue weighted by Gasteiger charge is 2.33. The maximum atomic E-state index is 11.7. The summed E-state index contributed by atoms with van der Waals surface area (Å²) in [6, 6.07) is 9.69. The Labute approximate surface area is 94.7 Å². The smallest absolute Gasteiger partial charge is 0.317 e. The average molecular weight is 218 g/mol. The molecule has 3 heteroatoms. The summed E-state index contributed by atoms with van der Waals surface area (Å²) in [6.07, 6.45) is 3.06. The Bertz CT molecular complexity index is 383. The van der Waals surface area contributed by atoms with Gasteiger partial charge in [-0.25, -0.2) is 0 Å². The fraction of sp³-hybridized carbons (Fsp3) is 0.308. The molecular weight excluding hydrogens is 204 g/mol. The van der Waals surface area contributed by atoms with Gasteiger partial charge in [0.1, 0.15) is 12.0 Å². The van der Waals surface area contributed by atoms with Crippen LogP contribution in [-0.2, 0) is 14.3 Å². The molecule has 3 nitrogen and oxygen atoms in total. The highest BCUT2D eigenvalue weighted by molar-refractivity contribution is 5.76. The van der Waals surface area contributed by atoms with E-state index in [-0.39, 0.29) is 18.0 Å². The van der Waals surface area contributed by atoms with E-state index in [0.29, 0.717) is 6.61 Å². The van der Waals surface area contributed by atoms with Gasteiger partial charge in [0.05, 0.1) is 12.9 Å². The molecule has 0 saturated carbocycles. The summed E-state index contributed by atoms with van der Waals surface area (Å²) in [5, 5.41) is 0. The van der Waals surface area contributed by atoms with Gasteiger partial charge >= 0.3 is 5.97 Å². The monoisotopic (exact) mass is 218 g/mol. The second kappa shape index (κ2) is 4.84. The van der Waals surface area contributed by atoms with Crippen LogP contribution in [0, 0.1) is 5.92 Å². The molecule has 1 aliphatic heterocycles. The summed E-state index contributed by atoms with van der Waals surface area (Å²) in [5.41, 5.74) is 0.991. The molecule has 1 heterocycles. The normalized spacial score (nSPS) is 22.8. The summed E-state index contributed by atoms with van der Waals surface area (Å²) in [4.78, 5) is 11.7. The van der Waals surface area contributed by atoms with Crippen LogP contribution in [0.15, 0.2) is 42.7 Å². The average Bonchev–Trinajstić information content (AvgIpc) is 2.79. The van der Waals surface area contributed by atoms with E-state index in [4.69, 9.17) is 9.47 Å². The molecule has 0 bridgehead atoms. The quantitative estimate of drug-likeness (QED) is 0.731. The Kier molecular flexibility index (Phi) is 3.25. The predicted molar refractivity (Wildman–Crippen MR) is 59.5 cm³/mol. The van der Waals surface area contributed by atoms with Gasteiger partial charge in [-0.05, 0) is 18.6 Å². The van der Waals surface area contributed by atoms with Crippen molar-refractivity contribution < 1.29 is 14.3 Å². The van der Waals surface area contributed by atoms with Crippen molar-refractivity contribution in [3.8, 4) is 0 Å². The van der Waals surface area contributed by atoms with Crippen LogP contribution in [0.4, 0.5) is 0 Å². The van der Waals surface area contributed by atoms with Crippen LogP contribution < -0.4 is 0 Å². The van der Waals surface area contributed by atoms with Crippen LogP contribution in [0.1, 0.15) is 18.6 Å². The van der Waals surface area contributed by atoms with Crippen LogP contribution in [-0.4, -0.2) is 12.6 Å². The second-order valence-corrected chi connectivity index (χ2v) is 3.57. The van der Waals surface area contributed by atoms with Crippen molar-refractivity contribution in [3.63, 3.8) is 0 Å². The Balaban J connectivity index is 2.14. The maximum absolute atomic E-state index is 11.7. The largest absolute Gasteiger partial charge is 0.492 e. The van der Waals surface area contributed by atoms with E-state index in [2.05, 4.69) is 0 Å². The van der Waals surface area contributed by atoms with Gasteiger partial charge in [0.2, 0.25) is 0 Å². The number of hydrogen-bond acceptors (Lipinski definition) is 3. The van der Waals surface area contributed by atoms with Crippen molar-refractivity contribution in [1.29, 1.82) is 0 Å². The topological polar surface area (TPSA) is 35.5 Å². The Morgan fingerprint density at radius 3 is 2.81 bits per heavy atom. The highest BCUT2D eigenvalue weighted by Crippen LogP contribution is 2.32. The minimum absolute atomic E-state index is 0.231. The molecular formula is C13H14O3. The third-order valence-corrected chi connectivity index (χ3v) is 2.52. The van der Waals surface area contributed by atoms with E-state index in [1.165, 1.54) is 0 Å². The molecule has 0 radical (unpaired) electrons. The van der Waals surface area contributed by atoms with E-state index < -0.39 is 0 Å². The Morgan fingerprint density at radius 1 is 1.38 bits per heavy atom. The molecule has 0 unspecified atom stereocenters. The molecule has 1 aromatic carbocycles. The zero-order valence-electron chi connectivity index (χ0n) is 9.13. The molecule has 16 heavy (non-hydrogen) atoms. The van der Waals surface area contributed by atoms with E-state index in [1.54, 1.807) is 19.3 Å². The van der Waals surface area contributed by atoms with Gasteiger partial charge in [-0.15, -0.1) is 0 Å². The lowest BCUT2D eigenvalue weighted by Gasteiger charge is -2.17. The molecule has 1 aromatic rings. The van der Waals surface area contributed by atoms with Crippen LogP contribution in [0.3, 0.4) is 0 Å². The van der Waals surface area contributed by atoms with Gasteiger partial charge in [0.15, 0.2) is 0 Å². The molecule has 0 aliphatic carbocycles. The van der Waals surface area contributed by atoms with Crippen molar-refractivity contribution in [3.05, 3.63) is 48.2 Å². The minimum Gasteiger partial charge on any atom is -0.492 e. The predicted octanol–water partition coefficient (Wildman–Crippen LogP) is 2.45. The highest BCUT2D eigenvalue weighted by atomic mass is 16.5. The lowest BCUT2D eigenvalue weighted by molar-refractivity contribution is -0.148. The molecule has 0 saturated heterocycles. The number of benzene rings is 1. The zero-order valence-corrected chi connectivity index (χ0v) is 9.13. The SMILES string of the molecule is CCOC(=O)[C@@H]1C=CO[C@@H]1c1ccccc1. The molecule has 0 N–H and O–H groups in total. The number of carbonyl (C=O) groups excluding carboxylic acids is 1. The first-order valence-corrected chi connectivity index (χ1v) is 5.36. The fourth-order valence-electron chi connectivity index (χ4n) is 1.77. The molecule has 84 valence electrons. The second-order valence-electron chi connectivity index (χ2n) is 3.57. The summed E-state index contributed by atoms with van der Waals surface area (Å²) >= 11 is 0. The van der Waals surface area contributed by atoms with Gasteiger partial charge in [-0.2, -0.15) is 0 Å². The van der Waals surface area contributed by atoms with Crippen molar-refractivity contribution >= 4 is 5.97 Å². The van der Waals surface area contributed by atoms with Crippen LogP contribution >= 0.6 is 0 Å². The first kappa shape index (κ1) is 10.7. The number of ether oxygens (including phenoxy) is 2. The molecule has 0 spiro atoms. The molecule has 0 aromatic heterocycles. The molecule has 2 atom stereocenters. The first-order chi connectivity index (χ1) is 7.83. The third kappa shape index (κ3) is 2.08. The summed E-state index contributed by atoms with van der Waals surface area (Å²) in [5.74, 6) is -0.563. The molecule has 1 aliphatic rings. The van der Waals surface area contributed by atoms with Crippen LogP contribution in [0.5, 0.6) is 0 Å². The summed E-state index contributed by atoms with van der Waals surface area (Å²) < 4.78 is 10.4. The molecule has 2 rings (SSSR count). The maximum Gasteiger partial charge on any atom is 0.317 e. The van der Waals surface area contributed by atoms with Gasteiger partial charge < -0.3 is 9.47 Å². The van der Waals surface area contributed by atoms with Gasteiger partial charge in [-0.3, -0.25) is 4.79 Å². The number of esters is 1. The number of rotatable bonds is 3. The van der Waals surface area contributed by atoms with Gasteiger partial charge in [-0.1, -0.05) is 30.3 Å². The summed E-state index contributed by atoms with van der Waals surface area (Å²) in [6.45, 7) is 2.19. The number of hydrogen-bond donors (Lipinski definition) is 0. The minimum atomic E-state index is -0.331. The molecule has 0 amide bonds. The fourth-order valence-corrected chi connectivity index (χ4v) is 1.77. The zero-order chi connectivity index (χ0) is 11.4. The lowest BCUT2D eigenvalue weighted by atomic mass is 9.97. The first-order valence-electron chi connectivity index (χ1n) is 5.36. The van der Waals surface area contributed by atoms with Crippen molar-refractivity contribution in [1.82, 2.24) is 0 Å². The number of carbonyl (C=O) groups is 1. The standard InChI is InChI=1S/C13H14O3/c1-2-15-13(14)11-8-9-16-12(11)10-6-4-3-5-7-10/h3-9,11-12H,2H2,1H3/t11-,12-/m1/s1. The Morgan fingerprint density at radius 2 is 2.12 bits per heavy atom. The third-order valence-electron chi connectivity index (χ3n) is 2.52. The summed E-state index contributed by atoms with van der Waals surface area (Å²) in [7, 11) is 0. The van der Waals surface area contributed by atoms with E-state index in [0.717, 1.165) is 5.56 Å². The van der Waals surface area contributed by atoms with E-state index >= 15 is 0 Å².